The average Bonchev–Trinajstić information content (AvgIpc) is 2.49. The minimum atomic E-state index is 0.308. The normalized spacial score (nSPS) is 30.1. The van der Waals surface area contributed by atoms with Gasteiger partial charge in [-0.1, -0.05) is 20.3 Å². The Bertz CT molecular complexity index is 310. The summed E-state index contributed by atoms with van der Waals surface area (Å²) in [6.45, 7) is 9.13. The quantitative estimate of drug-likeness (QED) is 0.773. The standard InChI is InChI=1S/C17H32N2O/c1-4-14-6-7-17(20)15(12-14)13-18(3)16-8-10-19(5-2)11-9-16/h14-16H,4-13H2,1-3H3. The molecule has 0 aromatic rings. The number of rotatable bonds is 5. The molecule has 1 heterocycles. The van der Waals surface area contributed by atoms with Gasteiger partial charge in [0, 0.05) is 24.9 Å². The summed E-state index contributed by atoms with van der Waals surface area (Å²) < 4.78 is 0. The molecule has 1 saturated carbocycles. The number of nitrogens with zero attached hydrogens (tertiary/aromatic N) is 2. The number of likely N-dealkylation sites (tertiary alicyclic amines) is 1. The molecule has 0 aromatic carbocycles. The highest BCUT2D eigenvalue weighted by Gasteiger charge is 2.30. The lowest BCUT2D eigenvalue weighted by Gasteiger charge is -2.38. The fraction of sp³-hybridized carbons (Fsp3) is 0.941. The topological polar surface area (TPSA) is 23.6 Å². The molecule has 1 aliphatic carbocycles. The van der Waals surface area contributed by atoms with Crippen molar-refractivity contribution in [2.75, 3.05) is 33.2 Å². The van der Waals surface area contributed by atoms with Crippen LogP contribution >= 0.6 is 0 Å². The first-order valence-electron chi connectivity index (χ1n) is 8.59. The molecule has 0 amide bonds. The molecule has 1 aliphatic heterocycles. The van der Waals surface area contributed by atoms with Crippen molar-refractivity contribution in [3.8, 4) is 0 Å². The van der Waals surface area contributed by atoms with Crippen LogP contribution in [0.2, 0.25) is 0 Å². The molecule has 1 saturated heterocycles. The predicted octanol–water partition coefficient (Wildman–Crippen LogP) is 2.80. The van der Waals surface area contributed by atoms with Gasteiger partial charge in [-0.3, -0.25) is 4.79 Å². The van der Waals surface area contributed by atoms with E-state index in [0.717, 1.165) is 31.7 Å². The van der Waals surface area contributed by atoms with Crippen LogP contribution in [0.3, 0.4) is 0 Å². The summed E-state index contributed by atoms with van der Waals surface area (Å²) in [4.78, 5) is 17.1. The summed E-state index contributed by atoms with van der Waals surface area (Å²) in [7, 11) is 2.23. The average molecular weight is 280 g/mol. The van der Waals surface area contributed by atoms with E-state index in [1.807, 2.05) is 0 Å². The summed E-state index contributed by atoms with van der Waals surface area (Å²) >= 11 is 0. The van der Waals surface area contributed by atoms with Gasteiger partial charge >= 0.3 is 0 Å². The van der Waals surface area contributed by atoms with Crippen molar-refractivity contribution in [2.24, 2.45) is 11.8 Å². The number of piperidine rings is 1. The fourth-order valence-corrected chi connectivity index (χ4v) is 3.92. The smallest absolute Gasteiger partial charge is 0.137 e. The van der Waals surface area contributed by atoms with Crippen molar-refractivity contribution in [3.63, 3.8) is 0 Å². The lowest BCUT2D eigenvalue weighted by Crippen LogP contribution is -2.46. The van der Waals surface area contributed by atoms with E-state index in [1.165, 1.54) is 38.9 Å². The molecule has 0 radical (unpaired) electrons. The maximum absolute atomic E-state index is 12.1. The zero-order valence-electron chi connectivity index (χ0n) is 13.6. The van der Waals surface area contributed by atoms with Gasteiger partial charge in [0.25, 0.3) is 0 Å². The van der Waals surface area contributed by atoms with Crippen molar-refractivity contribution in [3.05, 3.63) is 0 Å². The minimum absolute atomic E-state index is 0.308. The fourth-order valence-electron chi connectivity index (χ4n) is 3.92. The van der Waals surface area contributed by atoms with Crippen LogP contribution in [-0.2, 0) is 4.79 Å². The SMILES string of the molecule is CCC1CCC(=O)C(CN(C)C2CCN(CC)CC2)C1. The van der Waals surface area contributed by atoms with Crippen LogP contribution in [0.1, 0.15) is 52.4 Å². The molecule has 0 spiro atoms. The monoisotopic (exact) mass is 280 g/mol. The second-order valence-corrected chi connectivity index (χ2v) is 6.82. The molecule has 2 rings (SSSR count). The van der Waals surface area contributed by atoms with Gasteiger partial charge in [0.15, 0.2) is 0 Å². The van der Waals surface area contributed by atoms with Crippen LogP contribution < -0.4 is 0 Å². The van der Waals surface area contributed by atoms with Crippen LogP contribution in [0.25, 0.3) is 0 Å². The molecule has 0 aromatic heterocycles. The van der Waals surface area contributed by atoms with Crippen LogP contribution in [0.15, 0.2) is 0 Å². The van der Waals surface area contributed by atoms with Crippen molar-refractivity contribution < 1.29 is 4.79 Å². The molecule has 2 atom stereocenters. The summed E-state index contributed by atoms with van der Waals surface area (Å²) in [5, 5.41) is 0. The first-order chi connectivity index (χ1) is 9.63. The Balaban J connectivity index is 1.81. The van der Waals surface area contributed by atoms with Gasteiger partial charge in [-0.15, -0.1) is 0 Å². The van der Waals surface area contributed by atoms with Gasteiger partial charge in [-0.05, 0) is 58.3 Å². The summed E-state index contributed by atoms with van der Waals surface area (Å²) in [6, 6.07) is 0.688. The first-order valence-corrected chi connectivity index (χ1v) is 8.59. The van der Waals surface area contributed by atoms with E-state index in [-0.39, 0.29) is 0 Å². The molecular formula is C17H32N2O. The predicted molar refractivity (Wildman–Crippen MR) is 83.9 cm³/mol. The maximum atomic E-state index is 12.1. The number of Topliss-reactive ketones (excluding diaryl/α,β-unsaturated/α-hetero) is 1. The first kappa shape index (κ1) is 16.0. The van der Waals surface area contributed by atoms with E-state index >= 15 is 0 Å². The highest BCUT2D eigenvalue weighted by atomic mass is 16.1. The molecule has 2 fully saturated rings. The van der Waals surface area contributed by atoms with Crippen molar-refractivity contribution in [2.45, 2.75) is 58.4 Å². The van der Waals surface area contributed by atoms with Crippen LogP contribution in [0.5, 0.6) is 0 Å². The van der Waals surface area contributed by atoms with Gasteiger partial charge < -0.3 is 9.80 Å². The molecule has 2 unspecified atom stereocenters. The van der Waals surface area contributed by atoms with Gasteiger partial charge in [0.2, 0.25) is 0 Å². The zero-order valence-corrected chi connectivity index (χ0v) is 13.6. The minimum Gasteiger partial charge on any atom is -0.303 e. The zero-order chi connectivity index (χ0) is 14.5. The number of ketones is 1. The number of carbonyl (C=O) groups is 1. The highest BCUT2D eigenvalue weighted by molar-refractivity contribution is 5.81. The third kappa shape index (κ3) is 4.05. The van der Waals surface area contributed by atoms with Crippen molar-refractivity contribution in [1.29, 1.82) is 0 Å². The Hall–Kier alpha value is -0.410. The largest absolute Gasteiger partial charge is 0.303 e. The third-order valence-corrected chi connectivity index (χ3v) is 5.59. The highest BCUT2D eigenvalue weighted by Crippen LogP contribution is 2.30. The molecule has 3 heteroatoms. The van der Waals surface area contributed by atoms with E-state index < -0.39 is 0 Å². The molecule has 116 valence electrons. The number of carbonyl (C=O) groups excluding carboxylic acids is 1. The Morgan fingerprint density at radius 3 is 2.50 bits per heavy atom. The van der Waals surface area contributed by atoms with E-state index in [0.29, 0.717) is 17.7 Å². The van der Waals surface area contributed by atoms with E-state index in [2.05, 4.69) is 30.7 Å². The van der Waals surface area contributed by atoms with Gasteiger partial charge in [-0.25, -0.2) is 0 Å². The second kappa shape index (κ2) is 7.56. The maximum Gasteiger partial charge on any atom is 0.137 e. The van der Waals surface area contributed by atoms with Crippen LogP contribution in [-0.4, -0.2) is 54.9 Å². The van der Waals surface area contributed by atoms with Gasteiger partial charge in [0.05, 0.1) is 0 Å². The Morgan fingerprint density at radius 1 is 1.20 bits per heavy atom. The molecular weight excluding hydrogens is 248 g/mol. The van der Waals surface area contributed by atoms with Crippen molar-refractivity contribution >= 4 is 5.78 Å². The Labute approximate surface area is 124 Å². The number of hydrogen-bond acceptors (Lipinski definition) is 3. The summed E-state index contributed by atoms with van der Waals surface area (Å²) in [5.41, 5.74) is 0. The Morgan fingerprint density at radius 2 is 1.90 bits per heavy atom. The Kier molecular flexibility index (Phi) is 6.03. The second-order valence-electron chi connectivity index (χ2n) is 6.82. The molecule has 3 nitrogen and oxygen atoms in total. The lowest BCUT2D eigenvalue weighted by atomic mass is 9.79. The van der Waals surface area contributed by atoms with E-state index in [9.17, 15) is 4.79 Å². The third-order valence-electron chi connectivity index (χ3n) is 5.59. The van der Waals surface area contributed by atoms with Crippen molar-refractivity contribution in [1.82, 2.24) is 9.80 Å². The van der Waals surface area contributed by atoms with Crippen LogP contribution in [0, 0.1) is 11.8 Å². The van der Waals surface area contributed by atoms with E-state index in [4.69, 9.17) is 0 Å². The van der Waals surface area contributed by atoms with E-state index in [1.54, 1.807) is 0 Å². The molecule has 0 bridgehead atoms. The van der Waals surface area contributed by atoms with Gasteiger partial charge in [0.1, 0.15) is 5.78 Å². The summed E-state index contributed by atoms with van der Waals surface area (Å²) in [6.07, 6.45) is 6.86. The molecule has 0 N–H and O–H groups in total. The number of hydrogen-bond donors (Lipinski definition) is 0. The van der Waals surface area contributed by atoms with Gasteiger partial charge in [-0.2, -0.15) is 0 Å². The molecule has 20 heavy (non-hydrogen) atoms. The summed E-state index contributed by atoms with van der Waals surface area (Å²) in [5.74, 6) is 1.61. The van der Waals surface area contributed by atoms with Crippen LogP contribution in [0.4, 0.5) is 0 Å². The lowest BCUT2D eigenvalue weighted by molar-refractivity contribution is -0.126. The molecule has 2 aliphatic rings.